The van der Waals surface area contributed by atoms with Crippen molar-refractivity contribution in [2.24, 2.45) is 0 Å². The van der Waals surface area contributed by atoms with Crippen molar-refractivity contribution in [3.63, 3.8) is 0 Å². The van der Waals surface area contributed by atoms with E-state index in [0.29, 0.717) is 5.56 Å². The first-order valence-electron chi connectivity index (χ1n) is 6.54. The van der Waals surface area contributed by atoms with Gasteiger partial charge in [0.2, 0.25) is 5.91 Å². The van der Waals surface area contributed by atoms with Gasteiger partial charge in [0, 0.05) is 12.6 Å². The van der Waals surface area contributed by atoms with E-state index in [0.717, 1.165) is 0 Å². The van der Waals surface area contributed by atoms with Gasteiger partial charge in [-0.3, -0.25) is 9.59 Å². The molecule has 5 heteroatoms. The van der Waals surface area contributed by atoms with Gasteiger partial charge in [0.15, 0.2) is 0 Å². The van der Waals surface area contributed by atoms with Crippen molar-refractivity contribution in [2.75, 3.05) is 13.7 Å². The first-order valence-corrected chi connectivity index (χ1v) is 6.54. The largest absolute Gasteiger partial charge is 0.394 e. The van der Waals surface area contributed by atoms with Crippen LogP contribution < -0.4 is 5.32 Å². The molecule has 20 heavy (non-hydrogen) atoms. The highest BCUT2D eigenvalue weighted by Crippen LogP contribution is 2.12. The normalized spacial score (nSPS) is 12.7. The molecule has 0 aliphatic carbocycles. The molecule has 0 fully saturated rings. The minimum Gasteiger partial charge on any atom is -0.394 e. The summed E-state index contributed by atoms with van der Waals surface area (Å²) in [6.45, 7) is 5.01. The molecule has 5 nitrogen and oxygen atoms in total. The lowest BCUT2D eigenvalue weighted by atomic mass is 10.0. The zero-order valence-corrected chi connectivity index (χ0v) is 12.4. The van der Waals surface area contributed by atoms with E-state index in [1.165, 1.54) is 4.90 Å². The van der Waals surface area contributed by atoms with Gasteiger partial charge in [-0.2, -0.15) is 0 Å². The number of likely N-dealkylation sites (N-methyl/N-ethyl adjacent to an activating group) is 1. The van der Waals surface area contributed by atoms with E-state index in [2.05, 4.69) is 5.32 Å². The summed E-state index contributed by atoms with van der Waals surface area (Å²) in [5.74, 6) is -0.532. The number of aliphatic hydroxyl groups excluding tert-OH is 1. The van der Waals surface area contributed by atoms with Gasteiger partial charge in [-0.1, -0.05) is 18.2 Å². The van der Waals surface area contributed by atoms with Crippen molar-refractivity contribution >= 4 is 11.8 Å². The summed E-state index contributed by atoms with van der Waals surface area (Å²) in [4.78, 5) is 25.6. The van der Waals surface area contributed by atoms with Crippen LogP contribution in [0.25, 0.3) is 0 Å². The predicted octanol–water partition coefficient (Wildman–Crippen LogP) is 1.03. The van der Waals surface area contributed by atoms with E-state index in [1.54, 1.807) is 52.1 Å². The number of benzene rings is 1. The minimum atomic E-state index is -0.664. The topological polar surface area (TPSA) is 69.6 Å². The van der Waals surface area contributed by atoms with Crippen molar-refractivity contribution in [1.82, 2.24) is 10.2 Å². The molecule has 1 unspecified atom stereocenters. The smallest absolute Gasteiger partial charge is 0.251 e. The molecule has 1 atom stereocenters. The van der Waals surface area contributed by atoms with Gasteiger partial charge in [0.25, 0.3) is 5.91 Å². The summed E-state index contributed by atoms with van der Waals surface area (Å²) in [6, 6.07) is 8.08. The van der Waals surface area contributed by atoms with Gasteiger partial charge in [-0.15, -0.1) is 0 Å². The van der Waals surface area contributed by atoms with E-state index in [4.69, 9.17) is 0 Å². The molecule has 0 heterocycles. The summed E-state index contributed by atoms with van der Waals surface area (Å²) < 4.78 is 0. The van der Waals surface area contributed by atoms with Gasteiger partial charge < -0.3 is 15.3 Å². The van der Waals surface area contributed by atoms with Crippen LogP contribution in [0.5, 0.6) is 0 Å². The summed E-state index contributed by atoms with van der Waals surface area (Å²) in [5, 5.41) is 11.9. The number of amides is 2. The second kappa shape index (κ2) is 6.52. The molecule has 2 amide bonds. The second-order valence-corrected chi connectivity index (χ2v) is 5.43. The summed E-state index contributed by atoms with van der Waals surface area (Å²) >= 11 is 0. The van der Waals surface area contributed by atoms with Crippen LogP contribution >= 0.6 is 0 Å². The standard InChI is InChI=1S/C15H22N2O3/c1-11(14(20)17(4)15(2,3)10-18)16-13(19)12-8-6-5-7-9-12/h5-9,11,18H,10H2,1-4H3,(H,16,19). The van der Waals surface area contributed by atoms with Gasteiger partial charge in [0.05, 0.1) is 12.1 Å². The van der Waals surface area contributed by atoms with Crippen molar-refractivity contribution in [3.05, 3.63) is 35.9 Å². The number of carbonyl (C=O) groups is 2. The van der Waals surface area contributed by atoms with Crippen LogP contribution in [0.2, 0.25) is 0 Å². The predicted molar refractivity (Wildman–Crippen MR) is 77.3 cm³/mol. The molecule has 0 aliphatic heterocycles. The summed E-state index contributed by atoms with van der Waals surface area (Å²) in [6.07, 6.45) is 0. The first-order chi connectivity index (χ1) is 9.29. The number of nitrogens with zero attached hydrogens (tertiary/aromatic N) is 1. The maximum Gasteiger partial charge on any atom is 0.251 e. The van der Waals surface area contributed by atoms with Crippen molar-refractivity contribution in [2.45, 2.75) is 32.4 Å². The summed E-state index contributed by atoms with van der Waals surface area (Å²) in [7, 11) is 1.61. The van der Waals surface area contributed by atoms with Crippen molar-refractivity contribution in [3.8, 4) is 0 Å². The Morgan fingerprint density at radius 2 is 1.85 bits per heavy atom. The molecule has 110 valence electrons. The number of nitrogens with one attached hydrogen (secondary N) is 1. The molecule has 0 aliphatic rings. The quantitative estimate of drug-likeness (QED) is 0.845. The van der Waals surface area contributed by atoms with Crippen LogP contribution in [0, 0.1) is 0 Å². The molecule has 1 aromatic carbocycles. The molecule has 0 bridgehead atoms. The molecule has 1 rings (SSSR count). The Morgan fingerprint density at radius 3 is 2.35 bits per heavy atom. The maximum atomic E-state index is 12.2. The van der Waals surface area contributed by atoms with Crippen molar-refractivity contribution < 1.29 is 14.7 Å². The third kappa shape index (κ3) is 3.81. The molecule has 2 N–H and O–H groups in total. The number of aliphatic hydroxyl groups is 1. The zero-order valence-electron chi connectivity index (χ0n) is 12.4. The van der Waals surface area contributed by atoms with Gasteiger partial charge in [-0.25, -0.2) is 0 Å². The van der Waals surface area contributed by atoms with Crippen LogP contribution in [0.1, 0.15) is 31.1 Å². The Morgan fingerprint density at radius 1 is 1.30 bits per heavy atom. The molecular weight excluding hydrogens is 256 g/mol. The Bertz CT molecular complexity index is 471. The van der Waals surface area contributed by atoms with Gasteiger partial charge >= 0.3 is 0 Å². The summed E-state index contributed by atoms with van der Waals surface area (Å²) in [5.41, 5.74) is -0.153. The Kier molecular flexibility index (Phi) is 5.27. The molecule has 0 radical (unpaired) electrons. The first kappa shape index (κ1) is 16.2. The highest BCUT2D eigenvalue weighted by Gasteiger charge is 2.30. The highest BCUT2D eigenvalue weighted by atomic mass is 16.3. The maximum absolute atomic E-state index is 12.2. The minimum absolute atomic E-state index is 0.144. The van der Waals surface area contributed by atoms with E-state index in [1.807, 2.05) is 6.07 Å². The van der Waals surface area contributed by atoms with Crippen LogP contribution in [-0.4, -0.2) is 47.1 Å². The van der Waals surface area contributed by atoms with E-state index < -0.39 is 11.6 Å². The third-order valence-electron chi connectivity index (χ3n) is 3.38. The fraction of sp³-hybridized carbons (Fsp3) is 0.467. The number of hydrogen-bond acceptors (Lipinski definition) is 3. The lowest BCUT2D eigenvalue weighted by Crippen LogP contribution is -2.54. The average Bonchev–Trinajstić information content (AvgIpc) is 2.46. The van der Waals surface area contributed by atoms with Crippen molar-refractivity contribution in [1.29, 1.82) is 0 Å². The molecule has 0 spiro atoms. The highest BCUT2D eigenvalue weighted by molar-refractivity contribution is 5.97. The van der Waals surface area contributed by atoms with Crippen LogP contribution in [-0.2, 0) is 4.79 Å². The Hall–Kier alpha value is -1.88. The van der Waals surface area contributed by atoms with E-state index >= 15 is 0 Å². The monoisotopic (exact) mass is 278 g/mol. The fourth-order valence-corrected chi connectivity index (χ4v) is 1.63. The van der Waals surface area contributed by atoms with E-state index in [-0.39, 0.29) is 18.4 Å². The average molecular weight is 278 g/mol. The van der Waals surface area contributed by atoms with Crippen LogP contribution in [0.4, 0.5) is 0 Å². The van der Waals surface area contributed by atoms with E-state index in [9.17, 15) is 14.7 Å². The molecule has 0 aromatic heterocycles. The lowest BCUT2D eigenvalue weighted by Gasteiger charge is -2.35. The lowest BCUT2D eigenvalue weighted by molar-refractivity contribution is -0.137. The number of carbonyl (C=O) groups excluding carboxylic acids is 2. The van der Waals surface area contributed by atoms with Crippen LogP contribution in [0.3, 0.4) is 0 Å². The number of rotatable bonds is 5. The van der Waals surface area contributed by atoms with Gasteiger partial charge in [-0.05, 0) is 32.9 Å². The SMILES string of the molecule is CC(NC(=O)c1ccccc1)C(=O)N(C)C(C)(C)CO. The fourth-order valence-electron chi connectivity index (χ4n) is 1.63. The Balaban J connectivity index is 2.69. The number of hydrogen-bond donors (Lipinski definition) is 2. The molecular formula is C15H22N2O3. The molecule has 0 saturated heterocycles. The van der Waals surface area contributed by atoms with Crippen LogP contribution in [0.15, 0.2) is 30.3 Å². The molecule has 0 saturated carbocycles. The molecule has 1 aromatic rings. The third-order valence-corrected chi connectivity index (χ3v) is 3.38. The second-order valence-electron chi connectivity index (χ2n) is 5.43. The zero-order chi connectivity index (χ0) is 15.3. The van der Waals surface area contributed by atoms with Gasteiger partial charge in [0.1, 0.15) is 6.04 Å². The Labute approximate surface area is 119 Å².